The monoisotopic (exact) mass is 372 g/mol. The van der Waals surface area contributed by atoms with E-state index in [4.69, 9.17) is 4.74 Å². The molecule has 0 aromatic heterocycles. The molecule has 0 spiro atoms. The third kappa shape index (κ3) is 4.77. The van der Waals surface area contributed by atoms with Crippen LogP contribution in [0.15, 0.2) is 24.3 Å². The van der Waals surface area contributed by atoms with Crippen molar-refractivity contribution in [1.29, 1.82) is 0 Å². The summed E-state index contributed by atoms with van der Waals surface area (Å²) in [6, 6.07) is 6.31. The number of piperidine rings is 1. The SMILES string of the molecule is COC(C)(CNC(=O)C1CCN(S(C)(=O)=O)CC1)c1ccccc1F. The van der Waals surface area contributed by atoms with E-state index in [2.05, 4.69) is 5.32 Å². The molecule has 1 N–H and O–H groups in total. The number of nitrogens with zero attached hydrogens (tertiary/aromatic N) is 1. The van der Waals surface area contributed by atoms with E-state index in [-0.39, 0.29) is 24.2 Å². The van der Waals surface area contributed by atoms with Gasteiger partial charge >= 0.3 is 0 Å². The number of ether oxygens (including phenoxy) is 1. The topological polar surface area (TPSA) is 75.7 Å². The fourth-order valence-corrected chi connectivity index (χ4v) is 3.89. The zero-order valence-electron chi connectivity index (χ0n) is 14.8. The third-order valence-corrected chi connectivity index (χ3v) is 6.09. The second-order valence-corrected chi connectivity index (χ2v) is 8.55. The number of methoxy groups -OCH3 is 1. The molecule has 1 aromatic carbocycles. The van der Waals surface area contributed by atoms with Crippen LogP contribution < -0.4 is 5.32 Å². The first-order valence-corrected chi connectivity index (χ1v) is 10.1. The van der Waals surface area contributed by atoms with E-state index in [0.717, 1.165) is 0 Å². The number of halogens is 1. The van der Waals surface area contributed by atoms with Crippen molar-refractivity contribution in [1.82, 2.24) is 9.62 Å². The molecule has 0 radical (unpaired) electrons. The smallest absolute Gasteiger partial charge is 0.223 e. The maximum absolute atomic E-state index is 14.1. The zero-order valence-corrected chi connectivity index (χ0v) is 15.6. The summed E-state index contributed by atoms with van der Waals surface area (Å²) in [5, 5.41) is 2.82. The van der Waals surface area contributed by atoms with Gasteiger partial charge in [0.25, 0.3) is 0 Å². The van der Waals surface area contributed by atoms with Gasteiger partial charge in [-0.3, -0.25) is 4.79 Å². The highest BCUT2D eigenvalue weighted by atomic mass is 32.2. The molecule has 1 atom stereocenters. The van der Waals surface area contributed by atoms with Crippen LogP contribution in [-0.2, 0) is 25.2 Å². The van der Waals surface area contributed by atoms with Gasteiger partial charge in [0.15, 0.2) is 0 Å². The minimum atomic E-state index is -3.22. The standard InChI is InChI=1S/C17H25FN2O4S/c1-17(24-2,14-6-4-5-7-15(14)18)12-19-16(21)13-8-10-20(11-9-13)25(3,22)23/h4-7,13H,8-12H2,1-3H3,(H,19,21). The van der Waals surface area contributed by atoms with Crippen LogP contribution in [-0.4, -0.2) is 51.6 Å². The van der Waals surface area contributed by atoms with Crippen molar-refractivity contribution in [3.8, 4) is 0 Å². The van der Waals surface area contributed by atoms with E-state index in [1.54, 1.807) is 25.1 Å². The normalized spacial score (nSPS) is 19.4. The molecule has 140 valence electrons. The molecule has 1 saturated heterocycles. The van der Waals surface area contributed by atoms with Gasteiger partial charge in [-0.15, -0.1) is 0 Å². The zero-order chi connectivity index (χ0) is 18.7. The van der Waals surface area contributed by atoms with E-state index in [9.17, 15) is 17.6 Å². The van der Waals surface area contributed by atoms with Gasteiger partial charge in [0, 0.05) is 31.7 Å². The van der Waals surface area contributed by atoms with Crippen LogP contribution in [0.5, 0.6) is 0 Å². The number of carbonyl (C=O) groups is 1. The molecule has 1 fully saturated rings. The van der Waals surface area contributed by atoms with Crippen molar-refractivity contribution in [2.24, 2.45) is 5.92 Å². The number of hydrogen-bond donors (Lipinski definition) is 1. The fraction of sp³-hybridized carbons (Fsp3) is 0.588. The Balaban J connectivity index is 1.96. The number of sulfonamides is 1. The summed E-state index contributed by atoms with van der Waals surface area (Å²) in [5.74, 6) is -0.796. The largest absolute Gasteiger partial charge is 0.372 e. The first-order chi connectivity index (χ1) is 11.7. The van der Waals surface area contributed by atoms with Gasteiger partial charge in [-0.25, -0.2) is 17.1 Å². The van der Waals surface area contributed by atoms with Crippen molar-refractivity contribution in [2.75, 3.05) is 33.0 Å². The van der Waals surface area contributed by atoms with Crippen molar-refractivity contribution in [3.05, 3.63) is 35.6 Å². The lowest BCUT2D eigenvalue weighted by atomic mass is 9.93. The lowest BCUT2D eigenvalue weighted by Gasteiger charge is -2.32. The molecule has 8 heteroatoms. The van der Waals surface area contributed by atoms with Crippen LogP contribution in [0.3, 0.4) is 0 Å². The average molecular weight is 372 g/mol. The number of hydrogen-bond acceptors (Lipinski definition) is 4. The van der Waals surface area contributed by atoms with Gasteiger partial charge in [0.1, 0.15) is 11.4 Å². The summed E-state index contributed by atoms with van der Waals surface area (Å²) < 4.78 is 43.9. The minimum absolute atomic E-state index is 0.134. The number of benzene rings is 1. The Bertz CT molecular complexity index is 717. The molecular formula is C17H25FN2O4S. The van der Waals surface area contributed by atoms with Gasteiger partial charge in [0.2, 0.25) is 15.9 Å². The average Bonchev–Trinajstić information content (AvgIpc) is 2.59. The molecule has 2 rings (SSSR count). The summed E-state index contributed by atoms with van der Waals surface area (Å²) in [5.41, 5.74) is -0.598. The Labute approximate surface area is 148 Å². The van der Waals surface area contributed by atoms with Crippen molar-refractivity contribution in [3.63, 3.8) is 0 Å². The molecule has 0 bridgehead atoms. The lowest BCUT2D eigenvalue weighted by molar-refractivity contribution is -0.127. The summed E-state index contributed by atoms with van der Waals surface area (Å²) in [6.45, 7) is 2.53. The Morgan fingerprint density at radius 3 is 2.48 bits per heavy atom. The van der Waals surface area contributed by atoms with E-state index >= 15 is 0 Å². The van der Waals surface area contributed by atoms with Crippen LogP contribution >= 0.6 is 0 Å². The predicted octanol–water partition coefficient (Wildman–Crippen LogP) is 1.48. The molecule has 0 aliphatic carbocycles. The van der Waals surface area contributed by atoms with E-state index in [0.29, 0.717) is 31.5 Å². The first-order valence-electron chi connectivity index (χ1n) is 8.20. The highest BCUT2D eigenvalue weighted by Gasteiger charge is 2.33. The Kier molecular flexibility index (Phi) is 6.18. The second-order valence-electron chi connectivity index (χ2n) is 6.57. The highest BCUT2D eigenvalue weighted by molar-refractivity contribution is 7.88. The van der Waals surface area contributed by atoms with Crippen LogP contribution in [0.2, 0.25) is 0 Å². The first kappa shape index (κ1) is 19.8. The molecule has 0 saturated carbocycles. The van der Waals surface area contributed by atoms with Gasteiger partial charge in [-0.1, -0.05) is 18.2 Å². The van der Waals surface area contributed by atoms with Crippen LogP contribution in [0.4, 0.5) is 4.39 Å². The van der Waals surface area contributed by atoms with Crippen LogP contribution in [0.25, 0.3) is 0 Å². The molecule has 1 aromatic rings. The Hall–Kier alpha value is -1.51. The second kappa shape index (κ2) is 7.80. The summed E-state index contributed by atoms with van der Waals surface area (Å²) in [4.78, 5) is 12.4. The van der Waals surface area contributed by atoms with Gasteiger partial charge in [0.05, 0.1) is 12.8 Å². The molecule has 1 amide bonds. The van der Waals surface area contributed by atoms with Gasteiger partial charge in [-0.2, -0.15) is 0 Å². The quantitative estimate of drug-likeness (QED) is 0.821. The predicted molar refractivity (Wildman–Crippen MR) is 92.9 cm³/mol. The van der Waals surface area contributed by atoms with Gasteiger partial charge in [-0.05, 0) is 25.8 Å². The maximum Gasteiger partial charge on any atom is 0.223 e. The number of amides is 1. The maximum atomic E-state index is 14.1. The number of rotatable bonds is 6. The highest BCUT2D eigenvalue weighted by Crippen LogP contribution is 2.27. The van der Waals surface area contributed by atoms with E-state index in [1.807, 2.05) is 0 Å². The Morgan fingerprint density at radius 2 is 1.96 bits per heavy atom. The number of nitrogens with one attached hydrogen (secondary N) is 1. The fourth-order valence-electron chi connectivity index (χ4n) is 3.02. The minimum Gasteiger partial charge on any atom is -0.372 e. The van der Waals surface area contributed by atoms with Crippen molar-refractivity contribution in [2.45, 2.75) is 25.4 Å². The third-order valence-electron chi connectivity index (χ3n) is 4.79. The van der Waals surface area contributed by atoms with E-state index in [1.165, 1.54) is 23.7 Å². The summed E-state index contributed by atoms with van der Waals surface area (Å²) in [7, 11) is -1.74. The molecule has 1 heterocycles. The molecular weight excluding hydrogens is 347 g/mol. The van der Waals surface area contributed by atoms with Crippen LogP contribution in [0.1, 0.15) is 25.3 Å². The Morgan fingerprint density at radius 1 is 1.36 bits per heavy atom. The van der Waals surface area contributed by atoms with Crippen molar-refractivity contribution < 1.29 is 22.3 Å². The molecule has 25 heavy (non-hydrogen) atoms. The molecule has 1 unspecified atom stereocenters. The number of carbonyl (C=O) groups excluding carboxylic acids is 1. The van der Waals surface area contributed by atoms with Gasteiger partial charge < -0.3 is 10.1 Å². The molecule has 6 nitrogen and oxygen atoms in total. The van der Waals surface area contributed by atoms with E-state index < -0.39 is 15.6 Å². The molecule has 1 aliphatic rings. The lowest BCUT2D eigenvalue weighted by Crippen LogP contribution is -2.46. The summed E-state index contributed by atoms with van der Waals surface area (Å²) in [6.07, 6.45) is 2.12. The van der Waals surface area contributed by atoms with Crippen LogP contribution in [0, 0.1) is 11.7 Å². The van der Waals surface area contributed by atoms with Crippen molar-refractivity contribution >= 4 is 15.9 Å². The molecule has 1 aliphatic heterocycles. The summed E-state index contributed by atoms with van der Waals surface area (Å²) >= 11 is 0.